The number of carbonyl (C=O) groups excluding carboxylic acids is 1. The largest absolute Gasteiger partial charge is 0.372 e. The summed E-state index contributed by atoms with van der Waals surface area (Å²) in [7, 11) is 1.75. The lowest BCUT2D eigenvalue weighted by molar-refractivity contribution is 0.112. The van der Waals surface area contributed by atoms with E-state index in [1.165, 1.54) is 6.33 Å². The van der Waals surface area contributed by atoms with Crippen molar-refractivity contribution < 1.29 is 4.79 Å². The number of aromatic amines is 1. The van der Waals surface area contributed by atoms with E-state index in [1.807, 2.05) is 0 Å². The third kappa shape index (κ3) is 1.05. The van der Waals surface area contributed by atoms with Crippen molar-refractivity contribution in [3.8, 4) is 0 Å². The number of nitrogens with zero attached hydrogens (tertiary/aromatic N) is 2. The molecular formula is C8H8N4O. The molecule has 2 rings (SSSR count). The van der Waals surface area contributed by atoms with Gasteiger partial charge in [0.1, 0.15) is 17.8 Å². The number of aromatic nitrogens is 3. The van der Waals surface area contributed by atoms with E-state index in [1.54, 1.807) is 13.2 Å². The van der Waals surface area contributed by atoms with E-state index in [2.05, 4.69) is 20.3 Å². The van der Waals surface area contributed by atoms with Crippen molar-refractivity contribution in [2.45, 2.75) is 0 Å². The van der Waals surface area contributed by atoms with E-state index in [0.717, 1.165) is 11.7 Å². The molecule has 66 valence electrons. The first kappa shape index (κ1) is 7.72. The summed E-state index contributed by atoms with van der Waals surface area (Å²) in [5, 5.41) is 3.64. The lowest BCUT2D eigenvalue weighted by atomic mass is 10.2. The molecule has 0 aliphatic heterocycles. The summed E-state index contributed by atoms with van der Waals surface area (Å²) in [6.45, 7) is 0. The van der Waals surface area contributed by atoms with Gasteiger partial charge in [0.2, 0.25) is 0 Å². The molecule has 0 spiro atoms. The van der Waals surface area contributed by atoms with Crippen molar-refractivity contribution in [3.05, 3.63) is 18.1 Å². The van der Waals surface area contributed by atoms with Crippen molar-refractivity contribution in [2.75, 3.05) is 12.4 Å². The first-order valence-corrected chi connectivity index (χ1v) is 3.82. The van der Waals surface area contributed by atoms with Crippen LogP contribution in [0.15, 0.2) is 12.5 Å². The van der Waals surface area contributed by atoms with Crippen LogP contribution in [0.5, 0.6) is 0 Å². The Kier molecular flexibility index (Phi) is 1.70. The summed E-state index contributed by atoms with van der Waals surface area (Å²) in [5.41, 5.74) is 1.24. The molecule has 5 heteroatoms. The Labute approximate surface area is 74.2 Å². The third-order valence-electron chi connectivity index (χ3n) is 1.86. The molecule has 0 radical (unpaired) electrons. The van der Waals surface area contributed by atoms with E-state index in [-0.39, 0.29) is 0 Å². The van der Waals surface area contributed by atoms with Gasteiger partial charge in [-0.3, -0.25) is 4.79 Å². The van der Waals surface area contributed by atoms with Gasteiger partial charge in [-0.1, -0.05) is 0 Å². The Balaban J connectivity index is 2.83. The number of hydrogen-bond donors (Lipinski definition) is 2. The van der Waals surface area contributed by atoms with Crippen molar-refractivity contribution in [1.29, 1.82) is 0 Å². The fourth-order valence-electron chi connectivity index (χ4n) is 1.27. The van der Waals surface area contributed by atoms with Crippen LogP contribution in [-0.4, -0.2) is 28.3 Å². The quantitative estimate of drug-likeness (QED) is 0.664. The maximum atomic E-state index is 10.6. The van der Waals surface area contributed by atoms with Crippen LogP contribution in [0.3, 0.4) is 0 Å². The molecule has 5 nitrogen and oxygen atoms in total. The van der Waals surface area contributed by atoms with Crippen LogP contribution in [-0.2, 0) is 0 Å². The van der Waals surface area contributed by atoms with Gasteiger partial charge in [-0.25, -0.2) is 9.97 Å². The number of anilines is 1. The highest BCUT2D eigenvalue weighted by molar-refractivity contribution is 6.01. The van der Waals surface area contributed by atoms with Crippen molar-refractivity contribution in [2.24, 2.45) is 0 Å². The Bertz CT molecular complexity index is 448. The number of rotatable bonds is 2. The van der Waals surface area contributed by atoms with E-state index >= 15 is 0 Å². The smallest absolute Gasteiger partial charge is 0.152 e. The molecule has 2 aromatic heterocycles. The van der Waals surface area contributed by atoms with Gasteiger partial charge in [-0.05, 0) is 0 Å². The minimum atomic E-state index is 0.569. The molecule has 0 unspecified atom stereocenters. The van der Waals surface area contributed by atoms with Crippen LogP contribution >= 0.6 is 0 Å². The first-order valence-electron chi connectivity index (χ1n) is 3.82. The van der Waals surface area contributed by atoms with Gasteiger partial charge in [0, 0.05) is 18.8 Å². The highest BCUT2D eigenvalue weighted by Crippen LogP contribution is 2.20. The normalized spacial score (nSPS) is 10.2. The predicted octanol–water partition coefficient (Wildman–Crippen LogP) is 0.812. The molecule has 13 heavy (non-hydrogen) atoms. The molecule has 0 aliphatic carbocycles. The zero-order chi connectivity index (χ0) is 9.26. The average Bonchev–Trinajstić information content (AvgIpc) is 2.60. The summed E-state index contributed by atoms with van der Waals surface area (Å²) in [4.78, 5) is 21.5. The Morgan fingerprint density at radius 3 is 3.08 bits per heavy atom. The molecule has 0 fully saturated rings. The summed E-state index contributed by atoms with van der Waals surface area (Å²) in [5.74, 6) is 0.661. The molecule has 2 N–H and O–H groups in total. The van der Waals surface area contributed by atoms with Crippen molar-refractivity contribution in [1.82, 2.24) is 15.0 Å². The number of nitrogens with one attached hydrogen (secondary N) is 2. The summed E-state index contributed by atoms with van der Waals surface area (Å²) in [6.07, 6.45) is 3.84. The molecule has 0 bridgehead atoms. The highest BCUT2D eigenvalue weighted by atomic mass is 16.1. The topological polar surface area (TPSA) is 70.7 Å². The maximum Gasteiger partial charge on any atom is 0.152 e. The summed E-state index contributed by atoms with van der Waals surface area (Å²) < 4.78 is 0. The minimum Gasteiger partial charge on any atom is -0.372 e. The van der Waals surface area contributed by atoms with E-state index in [9.17, 15) is 4.79 Å². The molecule has 0 amide bonds. The molecular weight excluding hydrogens is 168 g/mol. The standard InChI is InChI=1S/C8H8N4O/c1-9-7-6-5(3-13)2-10-8(6)12-4-11-7/h2-4H,1H3,(H2,9,10,11,12). The van der Waals surface area contributed by atoms with Gasteiger partial charge in [0.05, 0.1) is 5.39 Å². The maximum absolute atomic E-state index is 10.6. The Morgan fingerprint density at radius 1 is 1.54 bits per heavy atom. The van der Waals surface area contributed by atoms with Crippen LogP contribution in [0.25, 0.3) is 11.0 Å². The lowest BCUT2D eigenvalue weighted by Crippen LogP contribution is -1.94. The van der Waals surface area contributed by atoms with Gasteiger partial charge in [0.15, 0.2) is 6.29 Å². The monoisotopic (exact) mass is 176 g/mol. The molecule has 0 aliphatic rings. The number of hydrogen-bond acceptors (Lipinski definition) is 4. The SMILES string of the molecule is CNc1ncnc2[nH]cc(C=O)c12. The fraction of sp³-hybridized carbons (Fsp3) is 0.125. The number of fused-ring (bicyclic) bond motifs is 1. The van der Waals surface area contributed by atoms with Crippen LogP contribution in [0, 0.1) is 0 Å². The van der Waals surface area contributed by atoms with Gasteiger partial charge < -0.3 is 10.3 Å². The second kappa shape index (κ2) is 2.85. The number of H-pyrrole nitrogens is 1. The fourth-order valence-corrected chi connectivity index (χ4v) is 1.27. The van der Waals surface area contributed by atoms with Gasteiger partial charge in [0.25, 0.3) is 0 Å². The zero-order valence-corrected chi connectivity index (χ0v) is 7.03. The molecule has 0 saturated heterocycles. The molecule has 0 saturated carbocycles. The number of aldehydes is 1. The summed E-state index contributed by atoms with van der Waals surface area (Å²) in [6, 6.07) is 0. The van der Waals surface area contributed by atoms with Crippen LogP contribution in [0.1, 0.15) is 10.4 Å². The Hall–Kier alpha value is -1.91. The number of carbonyl (C=O) groups is 1. The summed E-state index contributed by atoms with van der Waals surface area (Å²) >= 11 is 0. The second-order valence-electron chi connectivity index (χ2n) is 2.56. The molecule has 0 atom stereocenters. The molecule has 0 aromatic carbocycles. The highest BCUT2D eigenvalue weighted by Gasteiger charge is 2.08. The van der Waals surface area contributed by atoms with Gasteiger partial charge in [-0.2, -0.15) is 0 Å². The third-order valence-corrected chi connectivity index (χ3v) is 1.86. The van der Waals surface area contributed by atoms with Crippen LogP contribution in [0.4, 0.5) is 5.82 Å². The van der Waals surface area contributed by atoms with E-state index in [4.69, 9.17) is 0 Å². The van der Waals surface area contributed by atoms with Crippen molar-refractivity contribution in [3.63, 3.8) is 0 Å². The first-order chi connectivity index (χ1) is 6.36. The van der Waals surface area contributed by atoms with E-state index in [0.29, 0.717) is 17.0 Å². The molecule has 2 aromatic rings. The van der Waals surface area contributed by atoms with Gasteiger partial charge >= 0.3 is 0 Å². The van der Waals surface area contributed by atoms with Crippen LogP contribution in [0.2, 0.25) is 0 Å². The molecule has 2 heterocycles. The predicted molar refractivity (Wildman–Crippen MR) is 48.8 cm³/mol. The second-order valence-corrected chi connectivity index (χ2v) is 2.56. The minimum absolute atomic E-state index is 0.569. The lowest BCUT2D eigenvalue weighted by Gasteiger charge is -1.99. The Morgan fingerprint density at radius 2 is 2.38 bits per heavy atom. The zero-order valence-electron chi connectivity index (χ0n) is 7.03. The van der Waals surface area contributed by atoms with Crippen molar-refractivity contribution >= 4 is 23.1 Å². The van der Waals surface area contributed by atoms with Crippen LogP contribution < -0.4 is 5.32 Å². The van der Waals surface area contributed by atoms with Gasteiger partial charge in [-0.15, -0.1) is 0 Å². The van der Waals surface area contributed by atoms with E-state index < -0.39 is 0 Å². The average molecular weight is 176 g/mol.